The Hall–Kier alpha value is -2.64. The van der Waals surface area contributed by atoms with Crippen LogP contribution in [0.5, 0.6) is 5.75 Å². The first-order chi connectivity index (χ1) is 15.5. The number of sulfonamides is 1. The average molecular weight is 455 g/mol. The van der Waals surface area contributed by atoms with Gasteiger partial charge in [0.2, 0.25) is 15.9 Å². The zero-order valence-electron chi connectivity index (χ0n) is 18.5. The van der Waals surface area contributed by atoms with Crippen LogP contribution in [-0.2, 0) is 27.8 Å². The Balaban J connectivity index is 1.41. The number of nitrogens with zero attached hydrogens (tertiary/aromatic N) is 2. The molecule has 0 aromatic heterocycles. The third-order valence-corrected chi connectivity index (χ3v) is 8.15. The fourth-order valence-electron chi connectivity index (χ4n) is 4.30. The van der Waals surface area contributed by atoms with E-state index in [4.69, 9.17) is 4.74 Å². The topological polar surface area (TPSA) is 66.9 Å². The molecule has 0 radical (unpaired) electrons. The molecule has 0 N–H and O–H groups in total. The Labute approximate surface area is 190 Å². The van der Waals surface area contributed by atoms with Crippen molar-refractivity contribution in [1.82, 2.24) is 9.21 Å². The molecule has 2 aromatic rings. The molecule has 0 atom stereocenters. The molecule has 1 fully saturated rings. The van der Waals surface area contributed by atoms with E-state index in [0.717, 1.165) is 49.0 Å². The maximum Gasteiger partial charge on any atom is 0.246 e. The summed E-state index contributed by atoms with van der Waals surface area (Å²) < 4.78 is 32.7. The zero-order chi connectivity index (χ0) is 22.6. The number of rotatable bonds is 5. The molecule has 1 saturated heterocycles. The standard InChI is InChI=1S/C25H30N2O4S/c1-31-23-10-9-21-14-17-26(19-22(21)18-23)25(28)13-8-20-6-11-24(12-7-20)32(29,30)27-15-4-2-3-5-16-27/h6-13,18H,2-5,14-17,19H2,1H3/b13-8+. The summed E-state index contributed by atoms with van der Waals surface area (Å²) in [5, 5.41) is 0. The summed E-state index contributed by atoms with van der Waals surface area (Å²) in [6.45, 7) is 2.41. The van der Waals surface area contributed by atoms with Gasteiger partial charge in [0.15, 0.2) is 0 Å². The largest absolute Gasteiger partial charge is 0.497 e. The van der Waals surface area contributed by atoms with Gasteiger partial charge in [0.05, 0.1) is 12.0 Å². The normalized spacial score (nSPS) is 17.7. The molecule has 170 valence electrons. The minimum absolute atomic E-state index is 0.0558. The molecule has 0 spiro atoms. The monoisotopic (exact) mass is 454 g/mol. The van der Waals surface area contributed by atoms with Crippen molar-refractivity contribution in [3.63, 3.8) is 0 Å². The zero-order valence-corrected chi connectivity index (χ0v) is 19.3. The molecular weight excluding hydrogens is 424 g/mol. The number of fused-ring (bicyclic) bond motifs is 1. The highest BCUT2D eigenvalue weighted by Crippen LogP contribution is 2.24. The van der Waals surface area contributed by atoms with Crippen molar-refractivity contribution in [2.75, 3.05) is 26.7 Å². The summed E-state index contributed by atoms with van der Waals surface area (Å²) >= 11 is 0. The molecule has 7 heteroatoms. The average Bonchev–Trinajstić information content (AvgIpc) is 3.12. The highest BCUT2D eigenvalue weighted by atomic mass is 32.2. The maximum absolute atomic E-state index is 12.9. The van der Waals surface area contributed by atoms with Gasteiger partial charge in [-0.3, -0.25) is 4.79 Å². The first-order valence-electron chi connectivity index (χ1n) is 11.2. The molecule has 0 saturated carbocycles. The quantitative estimate of drug-likeness (QED) is 0.644. The van der Waals surface area contributed by atoms with Crippen LogP contribution in [0.15, 0.2) is 53.4 Å². The summed E-state index contributed by atoms with van der Waals surface area (Å²) in [5.41, 5.74) is 3.16. The first kappa shape index (κ1) is 22.6. The Morgan fingerprint density at radius 2 is 1.66 bits per heavy atom. The van der Waals surface area contributed by atoms with E-state index in [1.807, 2.05) is 17.0 Å². The molecule has 1 amide bonds. The number of hydrogen-bond donors (Lipinski definition) is 0. The van der Waals surface area contributed by atoms with Crippen LogP contribution in [0.4, 0.5) is 0 Å². The lowest BCUT2D eigenvalue weighted by atomic mass is 9.99. The number of carbonyl (C=O) groups excluding carboxylic acids is 1. The molecule has 6 nitrogen and oxygen atoms in total. The number of methoxy groups -OCH3 is 1. The van der Waals surface area contributed by atoms with E-state index in [-0.39, 0.29) is 5.91 Å². The number of hydrogen-bond acceptors (Lipinski definition) is 4. The van der Waals surface area contributed by atoms with Gasteiger partial charge in [-0.05, 0) is 66.3 Å². The molecule has 0 bridgehead atoms. The Morgan fingerprint density at radius 3 is 2.34 bits per heavy atom. The predicted molar refractivity (Wildman–Crippen MR) is 125 cm³/mol. The van der Waals surface area contributed by atoms with Crippen LogP contribution >= 0.6 is 0 Å². The Kier molecular flexibility index (Phi) is 6.96. The second-order valence-electron chi connectivity index (χ2n) is 8.37. The van der Waals surface area contributed by atoms with Crippen LogP contribution in [0, 0.1) is 0 Å². The smallest absolute Gasteiger partial charge is 0.246 e. The van der Waals surface area contributed by atoms with E-state index in [0.29, 0.717) is 31.1 Å². The van der Waals surface area contributed by atoms with Crippen molar-refractivity contribution in [3.05, 3.63) is 65.2 Å². The van der Waals surface area contributed by atoms with E-state index in [9.17, 15) is 13.2 Å². The summed E-state index contributed by atoms with van der Waals surface area (Å²) in [5.74, 6) is 0.739. The predicted octanol–water partition coefficient (Wildman–Crippen LogP) is 3.86. The van der Waals surface area contributed by atoms with Crippen LogP contribution in [0.1, 0.15) is 42.4 Å². The third-order valence-electron chi connectivity index (χ3n) is 6.24. The van der Waals surface area contributed by atoms with Gasteiger partial charge >= 0.3 is 0 Å². The molecule has 4 rings (SSSR count). The summed E-state index contributed by atoms with van der Waals surface area (Å²) in [6.07, 6.45) is 8.11. The molecule has 2 heterocycles. The molecule has 2 aromatic carbocycles. The lowest BCUT2D eigenvalue weighted by molar-refractivity contribution is -0.126. The third kappa shape index (κ3) is 5.05. The molecule has 0 unspecified atom stereocenters. The van der Waals surface area contributed by atoms with Crippen molar-refractivity contribution in [3.8, 4) is 5.75 Å². The molecule has 0 aliphatic carbocycles. The lowest BCUT2D eigenvalue weighted by Crippen LogP contribution is -2.34. The highest BCUT2D eigenvalue weighted by molar-refractivity contribution is 7.89. The van der Waals surface area contributed by atoms with Crippen molar-refractivity contribution in [2.24, 2.45) is 0 Å². The minimum Gasteiger partial charge on any atom is -0.497 e. The Bertz CT molecular complexity index is 1090. The molecule has 32 heavy (non-hydrogen) atoms. The molecular formula is C25H30N2O4S. The summed E-state index contributed by atoms with van der Waals surface area (Å²) in [6, 6.07) is 12.8. The van der Waals surface area contributed by atoms with Gasteiger partial charge in [0, 0.05) is 32.3 Å². The van der Waals surface area contributed by atoms with E-state index >= 15 is 0 Å². The second-order valence-corrected chi connectivity index (χ2v) is 10.3. The van der Waals surface area contributed by atoms with Gasteiger partial charge in [0.25, 0.3) is 0 Å². The highest BCUT2D eigenvalue weighted by Gasteiger charge is 2.25. The fraction of sp³-hybridized carbons (Fsp3) is 0.400. The SMILES string of the molecule is COc1ccc2c(c1)CN(C(=O)/C=C/c1ccc(S(=O)(=O)N3CCCCCC3)cc1)CC2. The lowest BCUT2D eigenvalue weighted by Gasteiger charge is -2.28. The molecule has 2 aliphatic heterocycles. The van der Waals surface area contributed by atoms with Gasteiger partial charge in [-0.1, -0.05) is 31.0 Å². The van der Waals surface area contributed by atoms with E-state index in [1.165, 1.54) is 5.56 Å². The maximum atomic E-state index is 12.9. The van der Waals surface area contributed by atoms with E-state index in [2.05, 4.69) is 6.07 Å². The van der Waals surface area contributed by atoms with Gasteiger partial charge < -0.3 is 9.64 Å². The van der Waals surface area contributed by atoms with Crippen LogP contribution in [0.25, 0.3) is 6.08 Å². The van der Waals surface area contributed by atoms with Gasteiger partial charge in [-0.15, -0.1) is 0 Å². The summed E-state index contributed by atoms with van der Waals surface area (Å²) in [7, 11) is -1.82. The fourth-order valence-corrected chi connectivity index (χ4v) is 5.82. The summed E-state index contributed by atoms with van der Waals surface area (Å²) in [4.78, 5) is 14.8. The minimum atomic E-state index is -3.46. The van der Waals surface area contributed by atoms with Crippen LogP contribution in [0.3, 0.4) is 0 Å². The van der Waals surface area contributed by atoms with E-state index < -0.39 is 10.0 Å². The number of amides is 1. The van der Waals surface area contributed by atoms with Crippen molar-refractivity contribution >= 4 is 22.0 Å². The first-order valence-corrected chi connectivity index (χ1v) is 12.6. The second kappa shape index (κ2) is 9.88. The van der Waals surface area contributed by atoms with Crippen LogP contribution < -0.4 is 4.74 Å². The number of benzene rings is 2. The van der Waals surface area contributed by atoms with Gasteiger partial charge in [0.1, 0.15) is 5.75 Å². The van der Waals surface area contributed by atoms with Crippen molar-refractivity contribution < 1.29 is 17.9 Å². The molecule has 2 aliphatic rings. The van der Waals surface area contributed by atoms with Crippen molar-refractivity contribution in [2.45, 2.75) is 43.5 Å². The number of carbonyl (C=O) groups is 1. The van der Waals surface area contributed by atoms with Crippen LogP contribution in [0.2, 0.25) is 0 Å². The van der Waals surface area contributed by atoms with Gasteiger partial charge in [-0.2, -0.15) is 4.31 Å². The number of ether oxygens (including phenoxy) is 1. The van der Waals surface area contributed by atoms with Gasteiger partial charge in [-0.25, -0.2) is 8.42 Å². The Morgan fingerprint density at radius 1 is 0.938 bits per heavy atom. The van der Waals surface area contributed by atoms with Crippen LogP contribution in [-0.4, -0.2) is 50.3 Å². The van der Waals surface area contributed by atoms with Crippen molar-refractivity contribution in [1.29, 1.82) is 0 Å². The van der Waals surface area contributed by atoms with E-state index in [1.54, 1.807) is 47.8 Å².